The van der Waals surface area contributed by atoms with Gasteiger partial charge in [-0.2, -0.15) is 0 Å². The Labute approximate surface area is 174 Å². The molecule has 2 atom stereocenters. The number of esters is 1. The topological polar surface area (TPSA) is 84.2 Å². The summed E-state index contributed by atoms with van der Waals surface area (Å²) in [6.07, 6.45) is 1.00. The number of ether oxygens (including phenoxy) is 4. The van der Waals surface area contributed by atoms with E-state index in [0.717, 1.165) is 6.42 Å². The van der Waals surface area contributed by atoms with E-state index >= 15 is 0 Å². The van der Waals surface area contributed by atoms with Crippen molar-refractivity contribution in [2.24, 2.45) is 0 Å². The van der Waals surface area contributed by atoms with Crippen LogP contribution in [0.2, 0.25) is 0 Å². The highest BCUT2D eigenvalue weighted by atomic mass is 16.6. The van der Waals surface area contributed by atoms with Gasteiger partial charge in [0.1, 0.15) is 29.1 Å². The first-order valence-electron chi connectivity index (χ1n) is 9.66. The molecule has 2 aromatic carbocycles. The Kier molecular flexibility index (Phi) is 6.61. The lowest BCUT2D eigenvalue weighted by molar-refractivity contribution is -0.155. The fraction of sp³-hybridized carbons (Fsp3) is 0.304. The molecule has 158 valence electrons. The normalized spacial score (nSPS) is 12.8. The Bertz CT molecular complexity index is 1070. The SMILES string of the molecule is CC[C@H](C)OC(=O)[C@H](C)Oc1ccc2c(=O)c(Oc3ccc(OC)cc3)coc2c1. The Hall–Kier alpha value is -3.48. The summed E-state index contributed by atoms with van der Waals surface area (Å²) in [6, 6.07) is 11.6. The highest BCUT2D eigenvalue weighted by Crippen LogP contribution is 2.25. The van der Waals surface area contributed by atoms with Crippen LogP contribution in [0, 0.1) is 0 Å². The maximum Gasteiger partial charge on any atom is 0.347 e. The average Bonchev–Trinajstić information content (AvgIpc) is 2.76. The maximum absolute atomic E-state index is 12.7. The molecule has 0 unspecified atom stereocenters. The molecule has 0 aliphatic carbocycles. The summed E-state index contributed by atoms with van der Waals surface area (Å²) in [6.45, 7) is 5.36. The van der Waals surface area contributed by atoms with Crippen molar-refractivity contribution in [2.75, 3.05) is 7.11 Å². The third kappa shape index (κ3) is 4.92. The number of hydrogen-bond donors (Lipinski definition) is 0. The maximum atomic E-state index is 12.7. The number of benzene rings is 2. The fourth-order valence-corrected chi connectivity index (χ4v) is 2.64. The molecular formula is C23H24O7. The van der Waals surface area contributed by atoms with Crippen LogP contribution in [0.5, 0.6) is 23.0 Å². The van der Waals surface area contributed by atoms with Crippen LogP contribution in [0.3, 0.4) is 0 Å². The molecule has 3 rings (SSSR count). The largest absolute Gasteiger partial charge is 0.497 e. The van der Waals surface area contributed by atoms with E-state index in [2.05, 4.69) is 0 Å². The predicted molar refractivity (Wildman–Crippen MR) is 111 cm³/mol. The van der Waals surface area contributed by atoms with Gasteiger partial charge in [0.25, 0.3) is 0 Å². The molecule has 0 bridgehead atoms. The minimum atomic E-state index is -0.791. The molecular weight excluding hydrogens is 388 g/mol. The van der Waals surface area contributed by atoms with Gasteiger partial charge in [-0.15, -0.1) is 0 Å². The van der Waals surface area contributed by atoms with Crippen LogP contribution in [0.25, 0.3) is 11.0 Å². The lowest BCUT2D eigenvalue weighted by atomic mass is 10.2. The molecule has 7 heteroatoms. The van der Waals surface area contributed by atoms with Gasteiger partial charge in [-0.1, -0.05) is 6.92 Å². The molecule has 1 heterocycles. The van der Waals surface area contributed by atoms with Crippen molar-refractivity contribution in [3.05, 3.63) is 59.0 Å². The van der Waals surface area contributed by atoms with E-state index in [1.165, 1.54) is 6.26 Å². The zero-order valence-electron chi connectivity index (χ0n) is 17.3. The van der Waals surface area contributed by atoms with Crippen molar-refractivity contribution in [2.45, 2.75) is 39.4 Å². The average molecular weight is 412 g/mol. The summed E-state index contributed by atoms with van der Waals surface area (Å²) in [5.74, 6) is 1.17. The van der Waals surface area contributed by atoms with Gasteiger partial charge < -0.3 is 23.4 Å². The Morgan fingerprint density at radius 1 is 1.03 bits per heavy atom. The summed E-state index contributed by atoms with van der Waals surface area (Å²) >= 11 is 0. The van der Waals surface area contributed by atoms with Crippen molar-refractivity contribution in [1.29, 1.82) is 0 Å². The molecule has 7 nitrogen and oxygen atoms in total. The molecule has 0 radical (unpaired) electrons. The first-order valence-corrected chi connectivity index (χ1v) is 9.66. The second kappa shape index (κ2) is 9.35. The van der Waals surface area contributed by atoms with Gasteiger partial charge in [0.15, 0.2) is 6.10 Å². The van der Waals surface area contributed by atoms with Crippen molar-refractivity contribution in [3.8, 4) is 23.0 Å². The van der Waals surface area contributed by atoms with Crippen molar-refractivity contribution in [3.63, 3.8) is 0 Å². The van der Waals surface area contributed by atoms with Crippen LogP contribution >= 0.6 is 0 Å². The van der Waals surface area contributed by atoms with E-state index in [-0.39, 0.29) is 17.3 Å². The van der Waals surface area contributed by atoms with E-state index in [0.29, 0.717) is 28.2 Å². The number of carbonyl (C=O) groups is 1. The van der Waals surface area contributed by atoms with E-state index in [1.807, 2.05) is 13.8 Å². The smallest absolute Gasteiger partial charge is 0.347 e. The van der Waals surface area contributed by atoms with Gasteiger partial charge in [0, 0.05) is 6.07 Å². The van der Waals surface area contributed by atoms with Crippen LogP contribution in [-0.2, 0) is 9.53 Å². The number of rotatable bonds is 8. The quantitative estimate of drug-likeness (QED) is 0.496. The lowest BCUT2D eigenvalue weighted by Gasteiger charge is -2.17. The summed E-state index contributed by atoms with van der Waals surface area (Å²) < 4.78 is 27.2. The van der Waals surface area contributed by atoms with Crippen molar-refractivity contribution >= 4 is 16.9 Å². The molecule has 3 aromatic rings. The standard InChI is InChI=1S/C23H24O7/c1-5-14(2)28-23(25)15(3)29-18-10-11-19-20(12-18)27-13-21(22(19)24)30-17-8-6-16(26-4)7-9-17/h6-15H,5H2,1-4H3/t14-,15-/m0/s1. The van der Waals surface area contributed by atoms with Crippen LogP contribution in [0.15, 0.2) is 57.9 Å². The highest BCUT2D eigenvalue weighted by molar-refractivity contribution is 5.79. The Morgan fingerprint density at radius 3 is 2.37 bits per heavy atom. The molecule has 1 aromatic heterocycles. The van der Waals surface area contributed by atoms with Gasteiger partial charge in [0.2, 0.25) is 11.2 Å². The molecule has 0 N–H and O–H groups in total. The van der Waals surface area contributed by atoms with Gasteiger partial charge in [-0.3, -0.25) is 4.79 Å². The van der Waals surface area contributed by atoms with Gasteiger partial charge in [-0.25, -0.2) is 4.79 Å². The zero-order chi connectivity index (χ0) is 21.7. The summed E-state index contributed by atoms with van der Waals surface area (Å²) in [5.41, 5.74) is 0.00456. The molecule has 0 saturated carbocycles. The van der Waals surface area contributed by atoms with E-state index in [4.69, 9.17) is 23.4 Å². The third-order valence-electron chi connectivity index (χ3n) is 4.54. The van der Waals surface area contributed by atoms with Crippen LogP contribution in [-0.4, -0.2) is 25.3 Å². The van der Waals surface area contributed by atoms with Gasteiger partial charge in [-0.05, 0) is 56.7 Å². The molecule has 0 aliphatic rings. The van der Waals surface area contributed by atoms with E-state index in [9.17, 15) is 9.59 Å². The first kappa shape index (κ1) is 21.2. The molecule has 0 fully saturated rings. The van der Waals surface area contributed by atoms with Crippen molar-refractivity contribution < 1.29 is 28.2 Å². The Morgan fingerprint density at radius 2 is 1.70 bits per heavy atom. The van der Waals surface area contributed by atoms with Crippen molar-refractivity contribution in [1.82, 2.24) is 0 Å². The molecule has 0 spiro atoms. The number of methoxy groups -OCH3 is 1. The van der Waals surface area contributed by atoms with Crippen LogP contribution < -0.4 is 19.6 Å². The van der Waals surface area contributed by atoms with Crippen LogP contribution in [0.4, 0.5) is 0 Å². The van der Waals surface area contributed by atoms with E-state index < -0.39 is 12.1 Å². The number of hydrogen-bond acceptors (Lipinski definition) is 7. The summed E-state index contributed by atoms with van der Waals surface area (Å²) in [4.78, 5) is 24.8. The number of carbonyl (C=O) groups excluding carboxylic acids is 1. The second-order valence-corrected chi connectivity index (χ2v) is 6.78. The highest BCUT2D eigenvalue weighted by Gasteiger charge is 2.19. The molecule has 0 aliphatic heterocycles. The predicted octanol–water partition coefficient (Wildman–Crippen LogP) is 4.70. The molecule has 0 amide bonds. The monoisotopic (exact) mass is 412 g/mol. The second-order valence-electron chi connectivity index (χ2n) is 6.78. The zero-order valence-corrected chi connectivity index (χ0v) is 17.3. The summed E-state index contributed by atoms with van der Waals surface area (Å²) in [7, 11) is 1.57. The Balaban J connectivity index is 1.77. The lowest BCUT2D eigenvalue weighted by Crippen LogP contribution is -2.29. The fourth-order valence-electron chi connectivity index (χ4n) is 2.64. The third-order valence-corrected chi connectivity index (χ3v) is 4.54. The minimum Gasteiger partial charge on any atom is -0.497 e. The molecule has 0 saturated heterocycles. The first-order chi connectivity index (χ1) is 14.4. The number of fused-ring (bicyclic) bond motifs is 1. The van der Waals surface area contributed by atoms with Gasteiger partial charge >= 0.3 is 5.97 Å². The minimum absolute atomic E-state index is 0.0619. The van der Waals surface area contributed by atoms with Gasteiger partial charge in [0.05, 0.1) is 18.6 Å². The van der Waals surface area contributed by atoms with E-state index in [1.54, 1.807) is 56.5 Å². The van der Waals surface area contributed by atoms with Crippen LogP contribution in [0.1, 0.15) is 27.2 Å². The molecule has 30 heavy (non-hydrogen) atoms. The summed E-state index contributed by atoms with van der Waals surface area (Å²) in [5, 5.41) is 0.336.